The van der Waals surface area contributed by atoms with E-state index in [0.29, 0.717) is 10.3 Å². The minimum absolute atomic E-state index is 0.0452. The van der Waals surface area contributed by atoms with E-state index in [2.05, 4.69) is 31.8 Å². The number of rotatable bonds is 4. The summed E-state index contributed by atoms with van der Waals surface area (Å²) in [6.45, 7) is 1.60. The molecule has 84 valence electrons. The Bertz CT molecular complexity index is 447. The molecule has 5 nitrogen and oxygen atoms in total. The molecule has 0 spiro atoms. The van der Waals surface area contributed by atoms with Crippen LogP contribution in [0, 0.1) is 0 Å². The largest absolute Gasteiger partial charge is 0.305 e. The van der Waals surface area contributed by atoms with Crippen LogP contribution in [0.3, 0.4) is 0 Å². The molecule has 1 aromatic rings. The van der Waals surface area contributed by atoms with E-state index in [1.807, 2.05) is 0 Å². The second-order valence-electron chi connectivity index (χ2n) is 2.78. The van der Waals surface area contributed by atoms with Crippen LogP contribution < -0.4 is 10.9 Å². The molecule has 1 rings (SSSR count). The standard InChI is InChI=1S/C8H12BrN3O2S/c1-3-15(13,14)7-4-6(9)5-11-8(7)12-10-2/h4-5,10H,3H2,1-2H3,(H,11,12). The molecule has 0 atom stereocenters. The molecular weight excluding hydrogens is 282 g/mol. The lowest BCUT2D eigenvalue weighted by atomic mass is 10.5. The number of hydrogen-bond donors (Lipinski definition) is 2. The van der Waals surface area contributed by atoms with Gasteiger partial charge in [-0.25, -0.2) is 18.8 Å². The topological polar surface area (TPSA) is 71.1 Å². The van der Waals surface area contributed by atoms with Gasteiger partial charge < -0.3 is 5.43 Å². The highest BCUT2D eigenvalue weighted by atomic mass is 79.9. The van der Waals surface area contributed by atoms with Gasteiger partial charge in [-0.05, 0) is 22.0 Å². The van der Waals surface area contributed by atoms with Gasteiger partial charge in [-0.1, -0.05) is 6.92 Å². The van der Waals surface area contributed by atoms with Gasteiger partial charge in [0.25, 0.3) is 0 Å². The van der Waals surface area contributed by atoms with Crippen molar-refractivity contribution in [1.29, 1.82) is 0 Å². The van der Waals surface area contributed by atoms with Crippen molar-refractivity contribution in [3.8, 4) is 0 Å². The van der Waals surface area contributed by atoms with Crippen LogP contribution in [0.2, 0.25) is 0 Å². The minimum atomic E-state index is -3.27. The average molecular weight is 294 g/mol. The molecule has 0 aliphatic carbocycles. The summed E-state index contributed by atoms with van der Waals surface area (Å²) < 4.78 is 24.1. The van der Waals surface area contributed by atoms with Gasteiger partial charge in [0.05, 0.1) is 5.75 Å². The fraction of sp³-hybridized carbons (Fsp3) is 0.375. The van der Waals surface area contributed by atoms with Gasteiger partial charge in [0, 0.05) is 17.7 Å². The molecule has 0 amide bonds. The summed E-state index contributed by atoms with van der Waals surface area (Å²) in [6, 6.07) is 1.53. The first-order chi connectivity index (χ1) is 7.01. The van der Waals surface area contributed by atoms with E-state index >= 15 is 0 Å². The highest BCUT2D eigenvalue weighted by Crippen LogP contribution is 2.23. The second-order valence-corrected chi connectivity index (χ2v) is 5.94. The smallest absolute Gasteiger partial charge is 0.181 e. The molecule has 0 fully saturated rings. The second kappa shape index (κ2) is 4.91. The van der Waals surface area contributed by atoms with Crippen LogP contribution in [0.1, 0.15) is 6.92 Å². The number of hydrogen-bond acceptors (Lipinski definition) is 5. The fourth-order valence-corrected chi connectivity index (χ4v) is 2.52. The maximum Gasteiger partial charge on any atom is 0.181 e. The minimum Gasteiger partial charge on any atom is -0.305 e. The summed E-state index contributed by atoms with van der Waals surface area (Å²) in [5.41, 5.74) is 5.33. The Balaban J connectivity index is 3.31. The molecule has 2 N–H and O–H groups in total. The van der Waals surface area contributed by atoms with E-state index in [1.165, 1.54) is 12.3 Å². The van der Waals surface area contributed by atoms with Gasteiger partial charge in [0.15, 0.2) is 15.7 Å². The zero-order chi connectivity index (χ0) is 11.5. The molecule has 0 radical (unpaired) electrons. The van der Waals surface area contributed by atoms with Crippen molar-refractivity contribution in [2.75, 3.05) is 18.2 Å². The molecule has 0 unspecified atom stereocenters. The SMILES string of the molecule is CCS(=O)(=O)c1cc(Br)cnc1NNC. The molecule has 1 heterocycles. The third-order valence-corrected chi connectivity index (χ3v) is 3.95. The number of halogens is 1. The maximum atomic E-state index is 11.7. The van der Waals surface area contributed by atoms with Crippen LogP contribution in [0.4, 0.5) is 5.82 Å². The van der Waals surface area contributed by atoms with Crippen molar-refractivity contribution in [3.63, 3.8) is 0 Å². The van der Waals surface area contributed by atoms with Gasteiger partial charge in [-0.3, -0.25) is 0 Å². The summed E-state index contributed by atoms with van der Waals surface area (Å²) in [6.07, 6.45) is 1.54. The molecule has 0 aliphatic heterocycles. The van der Waals surface area contributed by atoms with Crippen molar-refractivity contribution < 1.29 is 8.42 Å². The van der Waals surface area contributed by atoms with Crippen molar-refractivity contribution in [2.45, 2.75) is 11.8 Å². The van der Waals surface area contributed by atoms with E-state index in [1.54, 1.807) is 14.0 Å². The zero-order valence-corrected chi connectivity index (χ0v) is 10.8. The molecule has 7 heteroatoms. The monoisotopic (exact) mass is 293 g/mol. The highest BCUT2D eigenvalue weighted by Gasteiger charge is 2.17. The number of pyridine rings is 1. The first-order valence-corrected chi connectivity index (χ1v) is 6.77. The average Bonchev–Trinajstić information content (AvgIpc) is 2.21. The normalized spacial score (nSPS) is 11.4. The Hall–Kier alpha value is -0.660. The van der Waals surface area contributed by atoms with Gasteiger partial charge in [0.1, 0.15) is 4.90 Å². The lowest BCUT2D eigenvalue weighted by Gasteiger charge is -2.09. The molecule has 15 heavy (non-hydrogen) atoms. The first kappa shape index (κ1) is 12.4. The lowest BCUT2D eigenvalue weighted by molar-refractivity contribution is 0.597. The first-order valence-electron chi connectivity index (χ1n) is 4.32. The van der Waals surface area contributed by atoms with Gasteiger partial charge in [-0.2, -0.15) is 0 Å². The Kier molecular flexibility index (Phi) is 4.06. The Labute approximate surface area is 97.3 Å². The van der Waals surface area contributed by atoms with Crippen molar-refractivity contribution in [1.82, 2.24) is 10.4 Å². The molecule has 1 aromatic heterocycles. The van der Waals surface area contributed by atoms with E-state index in [0.717, 1.165) is 0 Å². The van der Waals surface area contributed by atoms with Crippen LogP contribution in [0.5, 0.6) is 0 Å². The van der Waals surface area contributed by atoms with E-state index in [9.17, 15) is 8.42 Å². The molecule has 0 aromatic carbocycles. The Morgan fingerprint density at radius 3 is 2.73 bits per heavy atom. The van der Waals surface area contributed by atoms with Gasteiger partial charge in [-0.15, -0.1) is 0 Å². The quantitative estimate of drug-likeness (QED) is 0.816. The van der Waals surface area contributed by atoms with E-state index in [4.69, 9.17) is 0 Å². The van der Waals surface area contributed by atoms with Crippen LogP contribution >= 0.6 is 15.9 Å². The van der Waals surface area contributed by atoms with Crippen molar-refractivity contribution >= 4 is 31.6 Å². The third kappa shape index (κ3) is 2.90. The zero-order valence-electron chi connectivity index (χ0n) is 8.41. The molecule has 0 saturated heterocycles. The fourth-order valence-electron chi connectivity index (χ4n) is 1.03. The Morgan fingerprint density at radius 1 is 1.53 bits per heavy atom. The number of sulfone groups is 1. The molecule has 0 aliphatic rings. The summed E-state index contributed by atoms with van der Waals surface area (Å²) in [5, 5.41) is 0. The van der Waals surface area contributed by atoms with E-state index in [-0.39, 0.29) is 10.6 Å². The number of anilines is 1. The summed E-state index contributed by atoms with van der Waals surface area (Å²) in [4.78, 5) is 4.17. The van der Waals surface area contributed by atoms with E-state index < -0.39 is 9.84 Å². The Morgan fingerprint density at radius 2 is 2.20 bits per heavy atom. The predicted octanol–water partition coefficient (Wildman–Crippen LogP) is 1.18. The van der Waals surface area contributed by atoms with Crippen molar-refractivity contribution in [3.05, 3.63) is 16.7 Å². The molecule has 0 bridgehead atoms. The summed E-state index contributed by atoms with van der Waals surface area (Å²) in [7, 11) is -1.62. The van der Waals surface area contributed by atoms with Crippen LogP contribution in [-0.4, -0.2) is 26.2 Å². The number of nitrogens with one attached hydrogen (secondary N) is 2. The summed E-state index contributed by atoms with van der Waals surface area (Å²) in [5.74, 6) is 0.353. The summed E-state index contributed by atoms with van der Waals surface area (Å²) >= 11 is 3.19. The molecule has 0 saturated carbocycles. The van der Waals surface area contributed by atoms with Crippen LogP contribution in [0.25, 0.3) is 0 Å². The van der Waals surface area contributed by atoms with Crippen LogP contribution in [0.15, 0.2) is 21.6 Å². The predicted molar refractivity (Wildman–Crippen MR) is 62.3 cm³/mol. The lowest BCUT2D eigenvalue weighted by Crippen LogP contribution is -2.19. The van der Waals surface area contributed by atoms with Crippen molar-refractivity contribution in [2.24, 2.45) is 0 Å². The maximum absolute atomic E-state index is 11.7. The highest BCUT2D eigenvalue weighted by molar-refractivity contribution is 9.10. The van der Waals surface area contributed by atoms with Gasteiger partial charge >= 0.3 is 0 Å². The van der Waals surface area contributed by atoms with Crippen LogP contribution in [-0.2, 0) is 9.84 Å². The number of hydrazine groups is 1. The molecular formula is C8H12BrN3O2S. The number of nitrogens with zero attached hydrogens (tertiary/aromatic N) is 1. The van der Waals surface area contributed by atoms with Gasteiger partial charge in [0.2, 0.25) is 0 Å². The third-order valence-electron chi connectivity index (χ3n) is 1.78. The number of aromatic nitrogens is 1.